The van der Waals surface area contributed by atoms with Crippen LogP contribution in [-0.4, -0.2) is 6.54 Å². The van der Waals surface area contributed by atoms with Gasteiger partial charge < -0.3 is 11.1 Å². The first-order valence-electron chi connectivity index (χ1n) is 6.80. The van der Waals surface area contributed by atoms with Crippen molar-refractivity contribution < 1.29 is 0 Å². The fourth-order valence-electron chi connectivity index (χ4n) is 2.72. The Kier molecular flexibility index (Phi) is 4.21. The largest absolute Gasteiger partial charge is 0.398 e. The van der Waals surface area contributed by atoms with Crippen LogP contribution in [0.15, 0.2) is 16.6 Å². The minimum atomic E-state index is 0.451. The second-order valence-corrected chi connectivity index (χ2v) is 6.77. The molecule has 0 bridgehead atoms. The molecule has 0 aromatic heterocycles. The standard InChI is InChI=1S/C15H23BrN2/c1-11-8-14(12(16)9-13(11)17)18-10-15(2)6-4-3-5-7-15/h8-9,18H,3-7,10,17H2,1-2H3. The number of aryl methyl sites for hydroxylation is 1. The van der Waals surface area contributed by atoms with Crippen molar-refractivity contribution in [3.8, 4) is 0 Å². The summed E-state index contributed by atoms with van der Waals surface area (Å²) < 4.78 is 1.06. The zero-order chi connectivity index (χ0) is 13.2. The molecule has 0 atom stereocenters. The average molecular weight is 311 g/mol. The van der Waals surface area contributed by atoms with Gasteiger partial charge in [-0.2, -0.15) is 0 Å². The molecular formula is C15H23BrN2. The molecule has 1 aromatic rings. The minimum Gasteiger partial charge on any atom is -0.398 e. The summed E-state index contributed by atoms with van der Waals surface area (Å²) in [5, 5.41) is 3.59. The van der Waals surface area contributed by atoms with E-state index >= 15 is 0 Å². The summed E-state index contributed by atoms with van der Waals surface area (Å²) in [6, 6.07) is 4.12. The van der Waals surface area contributed by atoms with E-state index in [9.17, 15) is 0 Å². The number of nitrogen functional groups attached to an aromatic ring is 1. The van der Waals surface area contributed by atoms with E-state index in [4.69, 9.17) is 5.73 Å². The van der Waals surface area contributed by atoms with Gasteiger partial charge in [-0.05, 0) is 58.8 Å². The Morgan fingerprint density at radius 1 is 1.28 bits per heavy atom. The van der Waals surface area contributed by atoms with Crippen LogP contribution in [0, 0.1) is 12.3 Å². The Morgan fingerprint density at radius 3 is 2.61 bits per heavy atom. The molecule has 0 spiro atoms. The summed E-state index contributed by atoms with van der Waals surface area (Å²) in [7, 11) is 0. The van der Waals surface area contributed by atoms with Crippen molar-refractivity contribution in [1.29, 1.82) is 0 Å². The molecule has 18 heavy (non-hydrogen) atoms. The zero-order valence-corrected chi connectivity index (χ0v) is 12.9. The Balaban J connectivity index is 2.03. The Hall–Kier alpha value is -0.700. The number of hydrogen-bond acceptors (Lipinski definition) is 2. The molecule has 2 nitrogen and oxygen atoms in total. The summed E-state index contributed by atoms with van der Waals surface area (Å²) in [4.78, 5) is 0. The minimum absolute atomic E-state index is 0.451. The van der Waals surface area contributed by atoms with Crippen LogP contribution in [0.1, 0.15) is 44.6 Å². The summed E-state index contributed by atoms with van der Waals surface area (Å²) in [5.41, 5.74) is 9.49. The van der Waals surface area contributed by atoms with Crippen LogP contribution in [0.5, 0.6) is 0 Å². The molecule has 0 aliphatic heterocycles. The number of hydrogen-bond donors (Lipinski definition) is 2. The summed E-state index contributed by atoms with van der Waals surface area (Å²) >= 11 is 3.58. The van der Waals surface area contributed by atoms with Crippen LogP contribution in [0.2, 0.25) is 0 Å². The summed E-state index contributed by atoms with van der Waals surface area (Å²) in [6.45, 7) is 5.50. The van der Waals surface area contributed by atoms with Crippen LogP contribution in [0.25, 0.3) is 0 Å². The van der Waals surface area contributed by atoms with Crippen molar-refractivity contribution in [3.63, 3.8) is 0 Å². The molecule has 3 N–H and O–H groups in total. The fraction of sp³-hybridized carbons (Fsp3) is 0.600. The molecule has 1 fully saturated rings. The SMILES string of the molecule is Cc1cc(NCC2(C)CCCCC2)c(Br)cc1N. The predicted octanol–water partition coefficient (Wildman–Crippen LogP) is 4.72. The predicted molar refractivity (Wildman–Crippen MR) is 83.0 cm³/mol. The summed E-state index contributed by atoms with van der Waals surface area (Å²) in [6.07, 6.45) is 6.83. The van der Waals surface area contributed by atoms with E-state index in [0.717, 1.165) is 28.0 Å². The van der Waals surface area contributed by atoms with Gasteiger partial charge in [0.05, 0.1) is 0 Å². The van der Waals surface area contributed by atoms with Gasteiger partial charge >= 0.3 is 0 Å². The Bertz CT molecular complexity index is 423. The molecule has 0 amide bonds. The smallest absolute Gasteiger partial charge is 0.0489 e. The van der Waals surface area contributed by atoms with Gasteiger partial charge in [-0.3, -0.25) is 0 Å². The van der Waals surface area contributed by atoms with Crippen molar-refractivity contribution in [2.24, 2.45) is 5.41 Å². The van der Waals surface area contributed by atoms with Crippen LogP contribution < -0.4 is 11.1 Å². The highest BCUT2D eigenvalue weighted by Gasteiger charge is 2.26. The van der Waals surface area contributed by atoms with E-state index in [-0.39, 0.29) is 0 Å². The van der Waals surface area contributed by atoms with E-state index in [2.05, 4.69) is 41.2 Å². The van der Waals surface area contributed by atoms with Gasteiger partial charge in [-0.15, -0.1) is 0 Å². The third-order valence-electron chi connectivity index (χ3n) is 4.12. The van der Waals surface area contributed by atoms with Crippen molar-refractivity contribution >= 4 is 27.3 Å². The highest BCUT2D eigenvalue weighted by Crippen LogP contribution is 2.37. The first-order valence-corrected chi connectivity index (χ1v) is 7.59. The van der Waals surface area contributed by atoms with Crippen molar-refractivity contribution in [1.82, 2.24) is 0 Å². The highest BCUT2D eigenvalue weighted by atomic mass is 79.9. The van der Waals surface area contributed by atoms with Gasteiger partial charge in [-0.25, -0.2) is 0 Å². The molecule has 0 unspecified atom stereocenters. The first-order chi connectivity index (χ1) is 8.50. The topological polar surface area (TPSA) is 38.0 Å². The number of halogens is 1. The van der Waals surface area contributed by atoms with Crippen LogP contribution in [0.3, 0.4) is 0 Å². The second kappa shape index (κ2) is 5.52. The monoisotopic (exact) mass is 310 g/mol. The molecule has 1 aromatic carbocycles. The molecule has 0 radical (unpaired) electrons. The normalized spacial score (nSPS) is 18.6. The zero-order valence-electron chi connectivity index (χ0n) is 11.4. The van der Waals surface area contributed by atoms with Crippen LogP contribution in [-0.2, 0) is 0 Å². The maximum atomic E-state index is 5.90. The maximum absolute atomic E-state index is 5.90. The van der Waals surface area contributed by atoms with Gasteiger partial charge in [0.1, 0.15) is 0 Å². The van der Waals surface area contributed by atoms with Crippen LogP contribution >= 0.6 is 15.9 Å². The fourth-order valence-corrected chi connectivity index (χ4v) is 3.22. The molecule has 1 aliphatic carbocycles. The third-order valence-corrected chi connectivity index (χ3v) is 4.78. The molecule has 1 saturated carbocycles. The van der Waals surface area contributed by atoms with E-state index in [1.54, 1.807) is 0 Å². The van der Waals surface area contributed by atoms with E-state index in [0.29, 0.717) is 5.41 Å². The number of rotatable bonds is 3. The third kappa shape index (κ3) is 3.19. The molecule has 2 rings (SSSR count). The quantitative estimate of drug-likeness (QED) is 0.793. The van der Waals surface area contributed by atoms with Gasteiger partial charge in [0, 0.05) is 22.4 Å². The highest BCUT2D eigenvalue weighted by molar-refractivity contribution is 9.10. The molecule has 100 valence electrons. The number of nitrogens with one attached hydrogen (secondary N) is 1. The summed E-state index contributed by atoms with van der Waals surface area (Å²) in [5.74, 6) is 0. The number of benzene rings is 1. The van der Waals surface area contributed by atoms with Gasteiger partial charge in [0.25, 0.3) is 0 Å². The molecule has 0 heterocycles. The average Bonchev–Trinajstić information content (AvgIpc) is 2.33. The lowest BCUT2D eigenvalue weighted by Crippen LogP contribution is -2.29. The maximum Gasteiger partial charge on any atom is 0.0489 e. The first kappa shape index (κ1) is 13.7. The molecule has 3 heteroatoms. The number of anilines is 2. The molecule has 0 saturated heterocycles. The second-order valence-electron chi connectivity index (χ2n) is 5.91. The Labute approximate surface area is 118 Å². The van der Waals surface area contributed by atoms with Gasteiger partial charge in [0.2, 0.25) is 0 Å². The lowest BCUT2D eigenvalue weighted by Gasteiger charge is -2.34. The van der Waals surface area contributed by atoms with E-state index < -0.39 is 0 Å². The van der Waals surface area contributed by atoms with Crippen molar-refractivity contribution in [2.75, 3.05) is 17.6 Å². The van der Waals surface area contributed by atoms with Gasteiger partial charge in [0.15, 0.2) is 0 Å². The lowest BCUT2D eigenvalue weighted by molar-refractivity contribution is 0.233. The van der Waals surface area contributed by atoms with Crippen molar-refractivity contribution in [3.05, 3.63) is 22.2 Å². The lowest BCUT2D eigenvalue weighted by atomic mass is 9.76. The molecule has 1 aliphatic rings. The van der Waals surface area contributed by atoms with Gasteiger partial charge in [-0.1, -0.05) is 26.2 Å². The molecular weight excluding hydrogens is 288 g/mol. The van der Waals surface area contributed by atoms with Crippen molar-refractivity contribution in [2.45, 2.75) is 46.0 Å². The van der Waals surface area contributed by atoms with Crippen LogP contribution in [0.4, 0.5) is 11.4 Å². The van der Waals surface area contributed by atoms with E-state index in [1.165, 1.54) is 32.1 Å². The Morgan fingerprint density at radius 2 is 1.94 bits per heavy atom. The van der Waals surface area contributed by atoms with E-state index in [1.807, 2.05) is 6.07 Å². The number of nitrogens with two attached hydrogens (primary N) is 1.